The molecule has 0 saturated heterocycles. The summed E-state index contributed by atoms with van der Waals surface area (Å²) in [5.41, 5.74) is 2.73. The van der Waals surface area contributed by atoms with Crippen molar-refractivity contribution in [1.29, 1.82) is 0 Å². The molecule has 150 valence electrons. The first-order valence-electron chi connectivity index (χ1n) is 9.51. The summed E-state index contributed by atoms with van der Waals surface area (Å²) in [7, 11) is 0. The van der Waals surface area contributed by atoms with E-state index in [1.54, 1.807) is 0 Å². The number of hydrogen-bond donors (Lipinski definition) is 1. The van der Waals surface area contributed by atoms with Gasteiger partial charge in [-0.3, -0.25) is 14.4 Å². The number of benzene rings is 2. The summed E-state index contributed by atoms with van der Waals surface area (Å²) in [6.45, 7) is 0.446. The lowest BCUT2D eigenvalue weighted by Gasteiger charge is -2.11. The molecule has 1 N–H and O–H groups in total. The Morgan fingerprint density at radius 1 is 0.966 bits per heavy atom. The molecule has 0 aliphatic carbocycles. The molecule has 1 aliphatic heterocycles. The average molecular weight is 393 g/mol. The molecule has 1 heterocycles. The molecule has 0 spiro atoms. The van der Waals surface area contributed by atoms with E-state index in [4.69, 9.17) is 4.74 Å². The average Bonchev–Trinajstić information content (AvgIpc) is 3.26. The lowest BCUT2D eigenvalue weighted by atomic mass is 10.1. The van der Waals surface area contributed by atoms with E-state index in [0.717, 1.165) is 16.8 Å². The summed E-state index contributed by atoms with van der Waals surface area (Å²) in [5.74, 6) is -1.11. The van der Waals surface area contributed by atoms with E-state index >= 15 is 0 Å². The largest absolute Gasteiger partial charge is 0.460 e. The molecule has 0 aromatic heterocycles. The number of carbonyl (C=O) groups is 3. The highest BCUT2D eigenvalue weighted by Crippen LogP contribution is 2.14. The second-order valence-corrected chi connectivity index (χ2v) is 6.60. The second kappa shape index (κ2) is 10.2. The van der Waals surface area contributed by atoms with Gasteiger partial charge in [-0.15, -0.1) is 0 Å². The molecule has 0 radical (unpaired) electrons. The summed E-state index contributed by atoms with van der Waals surface area (Å²) in [6.07, 6.45) is 0.725. The van der Waals surface area contributed by atoms with Crippen molar-refractivity contribution >= 4 is 23.5 Å². The Balaban J connectivity index is 1.35. The fraction of sp³-hybridized carbons (Fsp3) is 0.273. The third kappa shape index (κ3) is 6.27. The van der Waals surface area contributed by atoms with Crippen LogP contribution < -0.4 is 5.32 Å². The molecule has 0 fully saturated rings. The standard InChI is InChI=1S/C22H23N3O4/c26-20(23-15-22(28)29-16-17-7-3-1-4-8-17)11-12-21(27)25-14-13-19(24-25)18-9-5-2-6-10-18/h1-10H,11-16H2,(H,23,26). The normalized spacial score (nSPS) is 13.0. The van der Waals surface area contributed by atoms with Crippen LogP contribution in [0.3, 0.4) is 0 Å². The molecule has 0 atom stereocenters. The van der Waals surface area contributed by atoms with Crippen LogP contribution in [0, 0.1) is 0 Å². The van der Waals surface area contributed by atoms with Gasteiger partial charge < -0.3 is 10.1 Å². The first-order valence-corrected chi connectivity index (χ1v) is 9.51. The number of nitrogens with one attached hydrogen (secondary N) is 1. The smallest absolute Gasteiger partial charge is 0.325 e. The van der Waals surface area contributed by atoms with Crippen molar-refractivity contribution < 1.29 is 19.1 Å². The summed E-state index contributed by atoms with van der Waals surface area (Å²) in [5, 5.41) is 8.24. The summed E-state index contributed by atoms with van der Waals surface area (Å²) in [4.78, 5) is 35.9. The van der Waals surface area contributed by atoms with Crippen molar-refractivity contribution in [2.45, 2.75) is 25.9 Å². The van der Waals surface area contributed by atoms with Gasteiger partial charge in [-0.05, 0) is 11.1 Å². The maximum absolute atomic E-state index is 12.3. The van der Waals surface area contributed by atoms with Crippen molar-refractivity contribution in [1.82, 2.24) is 10.3 Å². The number of rotatable bonds is 8. The maximum Gasteiger partial charge on any atom is 0.325 e. The quantitative estimate of drug-likeness (QED) is 0.697. The molecule has 2 amide bonds. The third-order valence-electron chi connectivity index (χ3n) is 4.44. The third-order valence-corrected chi connectivity index (χ3v) is 4.44. The van der Waals surface area contributed by atoms with Crippen LogP contribution in [0.15, 0.2) is 65.8 Å². The van der Waals surface area contributed by atoms with E-state index in [1.165, 1.54) is 5.01 Å². The highest BCUT2D eigenvalue weighted by molar-refractivity contribution is 6.02. The van der Waals surface area contributed by atoms with E-state index in [1.807, 2.05) is 60.7 Å². The van der Waals surface area contributed by atoms with Gasteiger partial charge in [0.1, 0.15) is 13.2 Å². The molecule has 1 aliphatic rings. The minimum absolute atomic E-state index is 0.00249. The van der Waals surface area contributed by atoms with Crippen molar-refractivity contribution in [3.05, 3.63) is 71.8 Å². The van der Waals surface area contributed by atoms with Crippen molar-refractivity contribution in [2.24, 2.45) is 5.10 Å². The topological polar surface area (TPSA) is 88.1 Å². The Morgan fingerprint density at radius 3 is 2.38 bits per heavy atom. The molecule has 2 aromatic carbocycles. The second-order valence-electron chi connectivity index (χ2n) is 6.60. The van der Waals surface area contributed by atoms with Gasteiger partial charge in [-0.25, -0.2) is 5.01 Å². The maximum atomic E-state index is 12.3. The van der Waals surface area contributed by atoms with E-state index in [2.05, 4.69) is 10.4 Å². The number of esters is 1. The molecule has 0 unspecified atom stereocenters. The summed E-state index contributed by atoms with van der Waals surface area (Å²) >= 11 is 0. The van der Waals surface area contributed by atoms with Crippen LogP contribution in [-0.4, -0.2) is 41.6 Å². The van der Waals surface area contributed by atoms with Gasteiger partial charge in [0.05, 0.1) is 12.3 Å². The first kappa shape index (κ1) is 20.3. The van der Waals surface area contributed by atoms with Gasteiger partial charge in [0, 0.05) is 19.3 Å². The highest BCUT2D eigenvalue weighted by atomic mass is 16.5. The summed E-state index contributed by atoms with van der Waals surface area (Å²) in [6, 6.07) is 19.0. The zero-order chi connectivity index (χ0) is 20.5. The minimum atomic E-state index is -0.523. The first-order chi connectivity index (χ1) is 14.1. The molecular weight excluding hydrogens is 370 g/mol. The molecule has 7 heteroatoms. The van der Waals surface area contributed by atoms with Gasteiger partial charge in [0.15, 0.2) is 0 Å². The lowest BCUT2D eigenvalue weighted by molar-refractivity contribution is -0.145. The SMILES string of the molecule is O=C(CCC(=O)N1CCC(c2ccccc2)=N1)NCC(=O)OCc1ccccc1. The van der Waals surface area contributed by atoms with Crippen LogP contribution >= 0.6 is 0 Å². The van der Waals surface area contributed by atoms with E-state index < -0.39 is 5.97 Å². The zero-order valence-corrected chi connectivity index (χ0v) is 16.0. The fourth-order valence-electron chi connectivity index (χ4n) is 2.87. The molecule has 0 bridgehead atoms. The number of carbonyl (C=O) groups excluding carboxylic acids is 3. The minimum Gasteiger partial charge on any atom is -0.460 e. The molecule has 0 saturated carbocycles. The molecular formula is C22H23N3O4. The summed E-state index contributed by atoms with van der Waals surface area (Å²) < 4.78 is 5.09. The fourth-order valence-corrected chi connectivity index (χ4v) is 2.87. The van der Waals surface area contributed by atoms with E-state index in [0.29, 0.717) is 13.0 Å². The highest BCUT2D eigenvalue weighted by Gasteiger charge is 2.22. The van der Waals surface area contributed by atoms with Gasteiger partial charge in [-0.2, -0.15) is 5.10 Å². The number of nitrogens with zero attached hydrogens (tertiary/aromatic N) is 2. The van der Waals surface area contributed by atoms with Crippen LogP contribution in [0.25, 0.3) is 0 Å². The zero-order valence-electron chi connectivity index (χ0n) is 16.0. The van der Waals surface area contributed by atoms with Gasteiger partial charge in [-0.1, -0.05) is 60.7 Å². The van der Waals surface area contributed by atoms with E-state index in [9.17, 15) is 14.4 Å². The van der Waals surface area contributed by atoms with Crippen LogP contribution in [0.1, 0.15) is 30.4 Å². The monoisotopic (exact) mass is 393 g/mol. The van der Waals surface area contributed by atoms with Gasteiger partial charge in [0.2, 0.25) is 11.8 Å². The van der Waals surface area contributed by atoms with Gasteiger partial charge in [0.25, 0.3) is 0 Å². The molecule has 3 rings (SSSR count). The van der Waals surface area contributed by atoms with Gasteiger partial charge >= 0.3 is 5.97 Å². The molecule has 29 heavy (non-hydrogen) atoms. The predicted molar refractivity (Wildman–Crippen MR) is 108 cm³/mol. The number of ether oxygens (including phenoxy) is 1. The van der Waals surface area contributed by atoms with Crippen molar-refractivity contribution in [3.63, 3.8) is 0 Å². The van der Waals surface area contributed by atoms with Crippen molar-refractivity contribution in [2.75, 3.05) is 13.1 Å². The van der Waals surface area contributed by atoms with Crippen LogP contribution in [-0.2, 0) is 25.7 Å². The molecule has 7 nitrogen and oxygen atoms in total. The number of hydrogen-bond acceptors (Lipinski definition) is 5. The van der Waals surface area contributed by atoms with Crippen LogP contribution in [0.5, 0.6) is 0 Å². The Morgan fingerprint density at radius 2 is 1.66 bits per heavy atom. The van der Waals surface area contributed by atoms with Crippen LogP contribution in [0.2, 0.25) is 0 Å². The van der Waals surface area contributed by atoms with Crippen LogP contribution in [0.4, 0.5) is 0 Å². The Hall–Kier alpha value is -3.48. The van der Waals surface area contributed by atoms with E-state index in [-0.39, 0.29) is 37.8 Å². The van der Waals surface area contributed by atoms with Crippen molar-refractivity contribution in [3.8, 4) is 0 Å². The Labute approximate surface area is 169 Å². The number of hydrazone groups is 1. The Bertz CT molecular complexity index is 881. The lowest BCUT2D eigenvalue weighted by Crippen LogP contribution is -2.32. The number of amides is 2. The molecule has 2 aromatic rings. The predicted octanol–water partition coefficient (Wildman–Crippen LogP) is 2.26. The Kier molecular flexibility index (Phi) is 7.10.